The van der Waals surface area contributed by atoms with Gasteiger partial charge in [0.05, 0.1) is 17.9 Å². The molecule has 1 atom stereocenters. The quantitative estimate of drug-likeness (QED) is 0.794. The molecule has 1 aromatic heterocycles. The Bertz CT molecular complexity index is 445. The van der Waals surface area contributed by atoms with E-state index in [9.17, 15) is 0 Å². The van der Waals surface area contributed by atoms with Gasteiger partial charge in [0.25, 0.3) is 0 Å². The first-order valence-corrected chi connectivity index (χ1v) is 5.14. The molecule has 1 saturated heterocycles. The largest absolute Gasteiger partial charge is 0.308 e. The van der Waals surface area contributed by atoms with E-state index in [1.54, 1.807) is 0 Å². The molecule has 1 unspecified atom stereocenters. The Hall–Kier alpha value is -1.68. The fraction of sp³-hybridized carbons (Fsp3) is 0.273. The summed E-state index contributed by atoms with van der Waals surface area (Å²) in [4.78, 5) is 0. The van der Waals surface area contributed by atoms with Gasteiger partial charge in [0.15, 0.2) is 0 Å². The Morgan fingerprint density at radius 1 is 1.27 bits per heavy atom. The van der Waals surface area contributed by atoms with E-state index in [0.717, 1.165) is 24.3 Å². The third kappa shape index (κ3) is 1.53. The summed E-state index contributed by atoms with van der Waals surface area (Å²) in [5.41, 5.74) is 2.08. The lowest BCUT2D eigenvalue weighted by molar-refractivity contribution is 0.375. The summed E-state index contributed by atoms with van der Waals surface area (Å²) in [6.07, 6.45) is 3.15. The van der Waals surface area contributed by atoms with Gasteiger partial charge in [-0.15, -0.1) is 5.10 Å². The monoisotopic (exact) mass is 200 g/mol. The molecule has 1 aliphatic rings. The van der Waals surface area contributed by atoms with Crippen LogP contribution in [0, 0.1) is 0 Å². The first-order chi connectivity index (χ1) is 7.43. The molecule has 15 heavy (non-hydrogen) atoms. The Balaban J connectivity index is 1.90. The van der Waals surface area contributed by atoms with Crippen molar-refractivity contribution in [2.75, 3.05) is 6.54 Å². The van der Waals surface area contributed by atoms with E-state index in [1.165, 1.54) is 0 Å². The lowest BCUT2D eigenvalue weighted by atomic mass is 10.1. The van der Waals surface area contributed by atoms with Gasteiger partial charge in [0.1, 0.15) is 5.69 Å². The van der Waals surface area contributed by atoms with Crippen molar-refractivity contribution in [3.63, 3.8) is 0 Å². The van der Waals surface area contributed by atoms with Crippen LogP contribution in [0.25, 0.3) is 5.69 Å². The van der Waals surface area contributed by atoms with Crippen LogP contribution < -0.4 is 5.32 Å². The van der Waals surface area contributed by atoms with Gasteiger partial charge in [-0.05, 0) is 25.1 Å². The van der Waals surface area contributed by atoms with Crippen molar-refractivity contribution >= 4 is 0 Å². The van der Waals surface area contributed by atoms with Crippen molar-refractivity contribution in [1.29, 1.82) is 0 Å². The third-order valence-corrected chi connectivity index (χ3v) is 2.71. The van der Waals surface area contributed by atoms with Crippen LogP contribution in [0.2, 0.25) is 0 Å². The van der Waals surface area contributed by atoms with Crippen LogP contribution in [-0.4, -0.2) is 21.5 Å². The molecule has 1 fully saturated rings. The second-order valence-corrected chi connectivity index (χ2v) is 3.72. The lowest BCUT2D eigenvalue weighted by Crippen LogP contribution is -2.35. The molecule has 4 heteroatoms. The van der Waals surface area contributed by atoms with E-state index in [-0.39, 0.29) is 0 Å². The summed E-state index contributed by atoms with van der Waals surface area (Å²) in [6.45, 7) is 1.09. The molecule has 0 spiro atoms. The Morgan fingerprint density at radius 3 is 2.73 bits per heavy atom. The number of nitrogens with one attached hydrogen (secondary N) is 1. The predicted octanol–water partition coefficient (Wildman–Crippen LogP) is 1.30. The van der Waals surface area contributed by atoms with E-state index in [4.69, 9.17) is 0 Å². The van der Waals surface area contributed by atoms with E-state index in [1.807, 2.05) is 41.2 Å². The third-order valence-electron chi connectivity index (χ3n) is 2.71. The number of hydrogen-bond acceptors (Lipinski definition) is 3. The van der Waals surface area contributed by atoms with Gasteiger partial charge in [-0.1, -0.05) is 23.4 Å². The van der Waals surface area contributed by atoms with Crippen LogP contribution in [0.5, 0.6) is 0 Å². The summed E-state index contributed by atoms with van der Waals surface area (Å²) in [6, 6.07) is 10.4. The predicted molar refractivity (Wildman–Crippen MR) is 56.7 cm³/mol. The minimum Gasteiger partial charge on any atom is -0.308 e. The van der Waals surface area contributed by atoms with E-state index < -0.39 is 0 Å². The average Bonchev–Trinajstić information content (AvgIpc) is 2.66. The van der Waals surface area contributed by atoms with Crippen LogP contribution >= 0.6 is 0 Å². The molecular weight excluding hydrogens is 188 g/mol. The Kier molecular flexibility index (Phi) is 1.99. The molecule has 76 valence electrons. The molecule has 2 aromatic rings. The topological polar surface area (TPSA) is 42.7 Å². The van der Waals surface area contributed by atoms with Gasteiger partial charge in [0.2, 0.25) is 0 Å². The van der Waals surface area contributed by atoms with Crippen molar-refractivity contribution < 1.29 is 0 Å². The van der Waals surface area contributed by atoms with E-state index in [2.05, 4.69) is 15.6 Å². The maximum absolute atomic E-state index is 4.17. The first-order valence-electron chi connectivity index (χ1n) is 5.14. The summed E-state index contributed by atoms with van der Waals surface area (Å²) in [7, 11) is 0. The van der Waals surface area contributed by atoms with E-state index >= 15 is 0 Å². The molecule has 1 N–H and O–H groups in total. The number of para-hydroxylation sites is 1. The fourth-order valence-electron chi connectivity index (χ4n) is 1.68. The maximum Gasteiger partial charge on any atom is 0.100 e. The molecule has 0 amide bonds. The molecule has 0 aliphatic carbocycles. The first kappa shape index (κ1) is 8.61. The SMILES string of the molecule is c1ccc(-n2cc(C3CCN3)nn2)cc1. The second-order valence-electron chi connectivity index (χ2n) is 3.72. The molecule has 1 aliphatic heterocycles. The summed E-state index contributed by atoms with van der Waals surface area (Å²) >= 11 is 0. The maximum atomic E-state index is 4.17. The minimum absolute atomic E-state index is 0.405. The smallest absolute Gasteiger partial charge is 0.100 e. The molecule has 0 bridgehead atoms. The number of benzene rings is 1. The molecule has 0 radical (unpaired) electrons. The number of nitrogens with zero attached hydrogens (tertiary/aromatic N) is 3. The zero-order valence-corrected chi connectivity index (χ0v) is 8.30. The molecular formula is C11H12N4. The summed E-state index contributed by atoms with van der Waals surface area (Å²) in [5, 5.41) is 11.6. The van der Waals surface area contributed by atoms with Crippen LogP contribution in [0.1, 0.15) is 18.2 Å². The minimum atomic E-state index is 0.405. The number of hydrogen-bond donors (Lipinski definition) is 1. The second kappa shape index (κ2) is 3.47. The zero-order valence-electron chi connectivity index (χ0n) is 8.30. The van der Waals surface area contributed by atoms with Gasteiger partial charge in [-0.3, -0.25) is 0 Å². The van der Waals surface area contributed by atoms with Gasteiger partial charge < -0.3 is 5.32 Å². The van der Waals surface area contributed by atoms with Crippen LogP contribution in [-0.2, 0) is 0 Å². The Morgan fingerprint density at radius 2 is 2.07 bits per heavy atom. The highest BCUT2D eigenvalue weighted by Crippen LogP contribution is 2.20. The van der Waals surface area contributed by atoms with Gasteiger partial charge in [-0.25, -0.2) is 4.68 Å². The van der Waals surface area contributed by atoms with Gasteiger partial charge in [-0.2, -0.15) is 0 Å². The molecule has 0 saturated carbocycles. The Labute approximate surface area is 87.9 Å². The zero-order chi connectivity index (χ0) is 10.1. The highest BCUT2D eigenvalue weighted by Gasteiger charge is 2.21. The fourth-order valence-corrected chi connectivity index (χ4v) is 1.68. The van der Waals surface area contributed by atoms with Gasteiger partial charge >= 0.3 is 0 Å². The van der Waals surface area contributed by atoms with Crippen LogP contribution in [0.3, 0.4) is 0 Å². The molecule has 4 nitrogen and oxygen atoms in total. The number of aromatic nitrogens is 3. The van der Waals surface area contributed by atoms with Crippen LogP contribution in [0.4, 0.5) is 0 Å². The van der Waals surface area contributed by atoms with Crippen molar-refractivity contribution in [3.8, 4) is 5.69 Å². The molecule has 1 aromatic carbocycles. The summed E-state index contributed by atoms with van der Waals surface area (Å²) < 4.78 is 1.81. The van der Waals surface area contributed by atoms with Gasteiger partial charge in [0, 0.05) is 0 Å². The van der Waals surface area contributed by atoms with E-state index in [0.29, 0.717) is 6.04 Å². The standard InChI is InChI=1S/C11H12N4/c1-2-4-9(5-3-1)15-8-11(13-14-15)10-6-7-12-10/h1-5,8,10,12H,6-7H2. The molecule has 2 heterocycles. The van der Waals surface area contributed by atoms with Crippen molar-refractivity contribution in [1.82, 2.24) is 20.3 Å². The van der Waals surface area contributed by atoms with Crippen molar-refractivity contribution in [2.45, 2.75) is 12.5 Å². The highest BCUT2D eigenvalue weighted by atomic mass is 15.4. The van der Waals surface area contributed by atoms with Crippen molar-refractivity contribution in [3.05, 3.63) is 42.2 Å². The number of rotatable bonds is 2. The van der Waals surface area contributed by atoms with Crippen LogP contribution in [0.15, 0.2) is 36.5 Å². The normalized spacial score (nSPS) is 19.9. The van der Waals surface area contributed by atoms with Crippen molar-refractivity contribution in [2.24, 2.45) is 0 Å². The summed E-state index contributed by atoms with van der Waals surface area (Å²) in [5.74, 6) is 0. The highest BCUT2D eigenvalue weighted by molar-refractivity contribution is 5.30. The molecule has 3 rings (SSSR count). The average molecular weight is 200 g/mol. The lowest BCUT2D eigenvalue weighted by Gasteiger charge is -2.24.